The van der Waals surface area contributed by atoms with Gasteiger partial charge in [-0.15, -0.1) is 0 Å². The lowest BCUT2D eigenvalue weighted by Crippen LogP contribution is -2.33. The van der Waals surface area contributed by atoms with E-state index in [1.807, 2.05) is 6.07 Å². The minimum absolute atomic E-state index is 0.126. The zero-order chi connectivity index (χ0) is 22.1. The van der Waals surface area contributed by atoms with E-state index in [-0.39, 0.29) is 11.2 Å². The van der Waals surface area contributed by atoms with Gasteiger partial charge in [-0.25, -0.2) is 0 Å². The lowest BCUT2D eigenvalue weighted by atomic mass is 9.98. The molecule has 0 aliphatic carbocycles. The van der Waals surface area contributed by atoms with Gasteiger partial charge in [0.05, 0.1) is 30.7 Å². The molecule has 3 aromatic rings. The number of methoxy groups -OCH3 is 2. The molecule has 2 aromatic carbocycles. The van der Waals surface area contributed by atoms with E-state index < -0.39 is 0 Å². The summed E-state index contributed by atoms with van der Waals surface area (Å²) in [5.41, 5.74) is 2.19. The van der Waals surface area contributed by atoms with Crippen molar-refractivity contribution in [2.75, 3.05) is 27.3 Å². The Labute approximate surface area is 182 Å². The molecule has 1 saturated heterocycles. The Hall–Kier alpha value is -2.99. The van der Waals surface area contributed by atoms with Crippen LogP contribution in [0.5, 0.6) is 17.2 Å². The van der Waals surface area contributed by atoms with Gasteiger partial charge >= 0.3 is 0 Å². The highest BCUT2D eigenvalue weighted by molar-refractivity contribution is 5.87. The van der Waals surface area contributed by atoms with Crippen molar-refractivity contribution in [2.24, 2.45) is 5.92 Å². The zero-order valence-electron chi connectivity index (χ0n) is 18.5. The molecule has 31 heavy (non-hydrogen) atoms. The van der Waals surface area contributed by atoms with E-state index in [0.29, 0.717) is 57.4 Å². The summed E-state index contributed by atoms with van der Waals surface area (Å²) >= 11 is 0. The maximum Gasteiger partial charge on any atom is 0.200 e. The smallest absolute Gasteiger partial charge is 0.200 e. The second-order valence-corrected chi connectivity index (χ2v) is 8.35. The molecule has 4 rings (SSSR count). The summed E-state index contributed by atoms with van der Waals surface area (Å²) < 4.78 is 16.9. The molecule has 164 valence electrons. The number of aromatic hydroxyl groups is 1. The van der Waals surface area contributed by atoms with E-state index in [0.717, 1.165) is 19.5 Å². The fourth-order valence-electron chi connectivity index (χ4n) is 4.54. The molecule has 0 bridgehead atoms. The predicted octanol–water partition coefficient (Wildman–Crippen LogP) is 4.72. The molecule has 0 amide bonds. The molecule has 0 saturated carbocycles. The minimum Gasteiger partial charge on any atom is -0.507 e. The number of fused-ring (bicyclic) bond motifs is 1. The van der Waals surface area contributed by atoms with Gasteiger partial charge in [-0.2, -0.15) is 0 Å². The lowest BCUT2D eigenvalue weighted by molar-refractivity contribution is 0.175. The first-order valence-electron chi connectivity index (χ1n) is 10.7. The van der Waals surface area contributed by atoms with E-state index in [4.69, 9.17) is 13.9 Å². The molecule has 2 heterocycles. The van der Waals surface area contributed by atoms with Gasteiger partial charge in [-0.05, 0) is 62.1 Å². The van der Waals surface area contributed by atoms with Crippen LogP contribution in [0.1, 0.15) is 31.1 Å². The van der Waals surface area contributed by atoms with Crippen molar-refractivity contribution < 1.29 is 19.0 Å². The topological polar surface area (TPSA) is 72.1 Å². The van der Waals surface area contributed by atoms with Gasteiger partial charge in [0, 0.05) is 13.1 Å². The molecule has 0 unspecified atom stereocenters. The Morgan fingerprint density at radius 3 is 2.65 bits per heavy atom. The van der Waals surface area contributed by atoms with E-state index >= 15 is 0 Å². The maximum absolute atomic E-state index is 13.5. The highest BCUT2D eigenvalue weighted by Gasteiger charge is 2.22. The van der Waals surface area contributed by atoms with Crippen LogP contribution in [0.25, 0.3) is 22.1 Å². The molecular formula is C25H29NO5. The lowest BCUT2D eigenvalue weighted by Gasteiger charge is -2.31. The number of aryl methyl sites for hydroxylation is 1. The second kappa shape index (κ2) is 8.63. The fraction of sp³-hybridized carbons (Fsp3) is 0.400. The van der Waals surface area contributed by atoms with Crippen LogP contribution in [0.3, 0.4) is 0 Å². The van der Waals surface area contributed by atoms with E-state index in [2.05, 4.69) is 11.8 Å². The van der Waals surface area contributed by atoms with Crippen LogP contribution in [0.15, 0.2) is 39.5 Å². The summed E-state index contributed by atoms with van der Waals surface area (Å²) in [7, 11) is 3.14. The molecule has 6 nitrogen and oxygen atoms in total. The zero-order valence-corrected chi connectivity index (χ0v) is 18.5. The highest BCUT2D eigenvalue weighted by atomic mass is 16.5. The van der Waals surface area contributed by atoms with Crippen LogP contribution in [-0.2, 0) is 6.54 Å². The SMILES string of the molecule is COc1ccc(-c2c(C)oc3c(CN4CCC[C@@H](C)C4)c(O)ccc3c2=O)cc1OC. The number of hydrogen-bond acceptors (Lipinski definition) is 6. The van der Waals surface area contributed by atoms with E-state index in [1.165, 1.54) is 6.42 Å². The molecule has 1 N–H and O–H groups in total. The Morgan fingerprint density at radius 2 is 1.94 bits per heavy atom. The summed E-state index contributed by atoms with van der Waals surface area (Å²) in [5, 5.41) is 11.0. The molecule has 1 fully saturated rings. The molecule has 1 aromatic heterocycles. The third-order valence-electron chi connectivity index (χ3n) is 6.11. The van der Waals surface area contributed by atoms with Gasteiger partial charge in [0.1, 0.15) is 17.1 Å². The average molecular weight is 424 g/mol. The van der Waals surface area contributed by atoms with Crippen LogP contribution in [0, 0.1) is 12.8 Å². The summed E-state index contributed by atoms with van der Waals surface area (Å²) in [4.78, 5) is 15.8. The molecule has 0 radical (unpaired) electrons. The molecule has 1 aliphatic rings. The third kappa shape index (κ3) is 4.00. The number of hydrogen-bond donors (Lipinski definition) is 1. The largest absolute Gasteiger partial charge is 0.507 e. The summed E-state index contributed by atoms with van der Waals surface area (Å²) in [6, 6.07) is 8.61. The van der Waals surface area contributed by atoms with Crippen molar-refractivity contribution in [2.45, 2.75) is 33.2 Å². The van der Waals surface area contributed by atoms with E-state index in [9.17, 15) is 9.90 Å². The van der Waals surface area contributed by atoms with Crippen LogP contribution < -0.4 is 14.9 Å². The molecule has 1 aliphatic heterocycles. The number of nitrogens with zero attached hydrogens (tertiary/aromatic N) is 1. The molecular weight excluding hydrogens is 394 g/mol. The van der Waals surface area contributed by atoms with Crippen LogP contribution >= 0.6 is 0 Å². The minimum atomic E-state index is -0.126. The Morgan fingerprint density at radius 1 is 1.16 bits per heavy atom. The summed E-state index contributed by atoms with van der Waals surface area (Å²) in [5.74, 6) is 2.42. The van der Waals surface area contributed by atoms with Crippen molar-refractivity contribution in [3.8, 4) is 28.4 Å². The van der Waals surface area contributed by atoms with Crippen molar-refractivity contribution in [1.29, 1.82) is 0 Å². The highest BCUT2D eigenvalue weighted by Crippen LogP contribution is 2.35. The van der Waals surface area contributed by atoms with Crippen molar-refractivity contribution >= 4 is 11.0 Å². The first-order chi connectivity index (χ1) is 14.9. The maximum atomic E-state index is 13.5. The van der Waals surface area contributed by atoms with Gasteiger partial charge < -0.3 is 19.0 Å². The third-order valence-corrected chi connectivity index (χ3v) is 6.11. The van der Waals surface area contributed by atoms with Crippen LogP contribution in [-0.4, -0.2) is 37.3 Å². The number of ether oxygens (including phenoxy) is 2. The standard InChI is InChI=1S/C25H29NO5/c1-15-6-5-11-26(13-15)14-19-20(27)9-8-18-24(28)23(16(2)31-25(18)19)17-7-10-21(29-3)22(12-17)30-4/h7-10,12,15,27H,5-6,11,13-14H2,1-4H3/t15-/m1/s1. The summed E-state index contributed by atoms with van der Waals surface area (Å²) in [6.45, 7) is 6.54. The molecule has 1 atom stereocenters. The number of piperidine rings is 1. The number of phenols is 1. The van der Waals surface area contributed by atoms with E-state index in [1.54, 1.807) is 45.4 Å². The predicted molar refractivity (Wildman–Crippen MR) is 121 cm³/mol. The first kappa shape index (κ1) is 21.2. The van der Waals surface area contributed by atoms with Gasteiger partial charge in [-0.3, -0.25) is 9.69 Å². The molecule has 6 heteroatoms. The monoisotopic (exact) mass is 423 g/mol. The normalized spacial score (nSPS) is 17.1. The van der Waals surface area contributed by atoms with Crippen LogP contribution in [0.4, 0.5) is 0 Å². The van der Waals surface area contributed by atoms with Crippen molar-refractivity contribution in [1.82, 2.24) is 4.90 Å². The van der Waals surface area contributed by atoms with Gasteiger partial charge in [0.2, 0.25) is 5.43 Å². The number of benzene rings is 2. The Balaban J connectivity index is 1.83. The average Bonchev–Trinajstić information content (AvgIpc) is 2.75. The van der Waals surface area contributed by atoms with Crippen molar-refractivity contribution in [3.63, 3.8) is 0 Å². The van der Waals surface area contributed by atoms with Crippen LogP contribution in [0.2, 0.25) is 0 Å². The Kier molecular flexibility index (Phi) is 5.92. The van der Waals surface area contributed by atoms with Gasteiger partial charge in [0.15, 0.2) is 11.5 Å². The summed E-state index contributed by atoms with van der Waals surface area (Å²) in [6.07, 6.45) is 2.36. The van der Waals surface area contributed by atoms with Gasteiger partial charge in [0.25, 0.3) is 0 Å². The number of rotatable bonds is 5. The van der Waals surface area contributed by atoms with Crippen molar-refractivity contribution in [3.05, 3.63) is 51.9 Å². The number of phenolic OH excluding ortho intramolecular Hbond substituents is 1. The molecule has 0 spiro atoms. The first-order valence-corrected chi connectivity index (χ1v) is 10.7. The van der Waals surface area contributed by atoms with Gasteiger partial charge in [-0.1, -0.05) is 13.0 Å². The second-order valence-electron chi connectivity index (χ2n) is 8.35. The fourth-order valence-corrected chi connectivity index (χ4v) is 4.54. The quantitative estimate of drug-likeness (QED) is 0.640. The number of likely N-dealkylation sites (tertiary alicyclic amines) is 1. The Bertz CT molecular complexity index is 1170.